The summed E-state index contributed by atoms with van der Waals surface area (Å²) in [5.74, 6) is 1.47. The number of allylic oxidation sites excluding steroid dienone is 2. The van der Waals surface area contributed by atoms with Gasteiger partial charge >= 0.3 is 0 Å². The van der Waals surface area contributed by atoms with Crippen LogP contribution in [0.1, 0.15) is 38.8 Å². The van der Waals surface area contributed by atoms with Crippen molar-refractivity contribution in [3.8, 4) is 22.9 Å². The maximum Gasteiger partial charge on any atom is 0.161 e. The molecule has 0 saturated carbocycles. The van der Waals surface area contributed by atoms with Gasteiger partial charge in [0.15, 0.2) is 11.7 Å². The number of fused-ring (bicyclic) bond motifs is 3. The van der Waals surface area contributed by atoms with Gasteiger partial charge in [-0.15, -0.1) is 12.1 Å². The average molecular weight is 647 g/mol. The van der Waals surface area contributed by atoms with Crippen molar-refractivity contribution in [3.05, 3.63) is 65.7 Å². The molecule has 0 fully saturated rings. The Morgan fingerprint density at radius 1 is 1.03 bits per heavy atom. The third-order valence-corrected chi connectivity index (χ3v) is 5.76. The summed E-state index contributed by atoms with van der Waals surface area (Å²) in [6, 6.07) is 11.3. The number of aliphatic hydroxyl groups is 1. The number of pyridine rings is 3. The second-order valence-corrected chi connectivity index (χ2v) is 9.09. The molecule has 0 saturated heterocycles. The van der Waals surface area contributed by atoms with E-state index in [4.69, 9.17) is 4.74 Å². The summed E-state index contributed by atoms with van der Waals surface area (Å²) in [6.45, 7) is 11.5. The maximum absolute atomic E-state index is 11.0. The predicted octanol–water partition coefficient (Wildman–Crippen LogP) is 6.67. The van der Waals surface area contributed by atoms with E-state index in [1.807, 2.05) is 52.1 Å². The largest absolute Gasteiger partial charge is 0.512 e. The number of rotatable bonds is 3. The second-order valence-electron chi connectivity index (χ2n) is 9.09. The fourth-order valence-electron chi connectivity index (χ4n) is 3.74. The van der Waals surface area contributed by atoms with Crippen molar-refractivity contribution >= 4 is 27.6 Å². The van der Waals surface area contributed by atoms with Crippen molar-refractivity contribution in [2.24, 2.45) is 11.8 Å². The molecule has 0 unspecified atom stereocenters. The quantitative estimate of drug-likeness (QED) is 0.134. The third-order valence-electron chi connectivity index (χ3n) is 5.76. The second kappa shape index (κ2) is 10.6. The first-order chi connectivity index (χ1) is 16.2. The summed E-state index contributed by atoms with van der Waals surface area (Å²) in [7, 11) is 0. The molecular weight excluding hydrogens is 619 g/mol. The molecule has 1 radical (unpaired) electrons. The smallest absolute Gasteiger partial charge is 0.161 e. The van der Waals surface area contributed by atoms with E-state index in [2.05, 4.69) is 40.9 Å². The van der Waals surface area contributed by atoms with Gasteiger partial charge in [-0.3, -0.25) is 19.7 Å². The van der Waals surface area contributed by atoms with E-state index in [1.54, 1.807) is 6.20 Å². The normalized spacial score (nSPS) is 12.1. The number of carbonyl (C=O) groups is 1. The number of aryl methyl sites for hydroxylation is 2. The molecule has 1 aliphatic heterocycles. The van der Waals surface area contributed by atoms with Crippen molar-refractivity contribution in [1.82, 2.24) is 15.0 Å². The molecule has 3 aromatic heterocycles. The van der Waals surface area contributed by atoms with E-state index in [9.17, 15) is 9.90 Å². The van der Waals surface area contributed by atoms with E-state index in [-0.39, 0.29) is 43.5 Å². The number of ketones is 1. The monoisotopic (exact) mass is 647 g/mol. The first-order valence-corrected chi connectivity index (χ1v) is 11.4. The SMILES string of the molecule is CC(C)C(=O)/C=C(\O)C(C)C.Cc1ccc2c3c(ncc(C)c13)-c1[c-]c3cccnc3nc1O2.[Ir]. The van der Waals surface area contributed by atoms with Crippen LogP contribution in [0.15, 0.2) is 48.5 Å². The van der Waals surface area contributed by atoms with Gasteiger partial charge in [0.05, 0.1) is 11.4 Å². The standard InChI is InChI=1S/C19H12N3O.C9H16O2.Ir/c1-10-5-6-14-16-15(10)11(2)9-21-17(16)13-8-12-4-3-7-20-18(12)22-19(13)23-14;1-6(2)8(10)5-9(11)7(3)4;/h3-7,9H,1-2H3;5-7,10H,1-4H3;/q-1;;/b;8-5-;. The van der Waals surface area contributed by atoms with Crippen LogP contribution in [0.25, 0.3) is 33.1 Å². The van der Waals surface area contributed by atoms with Crippen LogP contribution in [-0.4, -0.2) is 25.8 Å². The Morgan fingerprint density at radius 2 is 1.77 bits per heavy atom. The number of carbonyl (C=O) groups excluding carboxylic acids is 1. The first-order valence-electron chi connectivity index (χ1n) is 11.4. The summed E-state index contributed by atoms with van der Waals surface area (Å²) in [6.07, 6.45) is 4.94. The molecule has 0 spiro atoms. The molecule has 0 bridgehead atoms. The fourth-order valence-corrected chi connectivity index (χ4v) is 3.74. The van der Waals surface area contributed by atoms with Crippen LogP contribution in [0.5, 0.6) is 11.6 Å². The van der Waals surface area contributed by atoms with Gasteiger partial charge in [-0.25, -0.2) is 0 Å². The van der Waals surface area contributed by atoms with Crippen LogP contribution in [-0.2, 0) is 24.9 Å². The molecule has 4 heterocycles. The number of nitrogens with zero attached hydrogens (tertiary/aromatic N) is 3. The third kappa shape index (κ3) is 5.26. The molecule has 4 aromatic rings. The molecule has 1 aliphatic rings. The Bertz CT molecular complexity index is 1440. The molecular formula is C28H28IrN3O3-. The van der Waals surface area contributed by atoms with Crippen LogP contribution in [0, 0.1) is 31.7 Å². The minimum absolute atomic E-state index is 0. The summed E-state index contributed by atoms with van der Waals surface area (Å²) in [5.41, 5.74) is 4.67. The van der Waals surface area contributed by atoms with Gasteiger partial charge in [-0.05, 0) is 42.0 Å². The number of aliphatic hydroxyl groups excluding tert-OH is 1. The fraction of sp³-hybridized carbons (Fsp3) is 0.286. The van der Waals surface area contributed by atoms with E-state index in [1.165, 1.54) is 17.0 Å². The number of hydrogen-bond acceptors (Lipinski definition) is 6. The zero-order chi connectivity index (χ0) is 24.6. The molecule has 5 rings (SSSR count). The summed E-state index contributed by atoms with van der Waals surface area (Å²) >= 11 is 0. The Balaban J connectivity index is 0.000000247. The number of benzene rings is 1. The summed E-state index contributed by atoms with van der Waals surface area (Å²) in [4.78, 5) is 24.5. The van der Waals surface area contributed by atoms with Gasteiger partial charge in [0.2, 0.25) is 0 Å². The summed E-state index contributed by atoms with van der Waals surface area (Å²) < 4.78 is 6.05. The van der Waals surface area contributed by atoms with Crippen LogP contribution >= 0.6 is 0 Å². The van der Waals surface area contributed by atoms with Crippen molar-refractivity contribution in [3.63, 3.8) is 0 Å². The van der Waals surface area contributed by atoms with Crippen LogP contribution in [0.3, 0.4) is 0 Å². The molecule has 0 amide bonds. The van der Waals surface area contributed by atoms with Gasteiger partial charge < -0.3 is 9.84 Å². The Kier molecular flexibility index (Phi) is 8.03. The minimum Gasteiger partial charge on any atom is -0.512 e. The molecule has 0 aliphatic carbocycles. The Labute approximate surface area is 218 Å². The van der Waals surface area contributed by atoms with E-state index in [0.29, 0.717) is 11.5 Å². The van der Waals surface area contributed by atoms with Gasteiger partial charge in [0, 0.05) is 61.5 Å². The van der Waals surface area contributed by atoms with Gasteiger partial charge in [0.25, 0.3) is 0 Å². The maximum atomic E-state index is 11.0. The van der Waals surface area contributed by atoms with E-state index >= 15 is 0 Å². The van der Waals surface area contributed by atoms with Crippen molar-refractivity contribution < 1.29 is 34.7 Å². The number of ether oxygens (including phenoxy) is 1. The Morgan fingerprint density at radius 3 is 2.46 bits per heavy atom. The summed E-state index contributed by atoms with van der Waals surface area (Å²) in [5, 5.41) is 12.3. The van der Waals surface area contributed by atoms with Crippen LogP contribution in [0.4, 0.5) is 0 Å². The average Bonchev–Trinajstić information content (AvgIpc) is 2.81. The van der Waals surface area contributed by atoms with Gasteiger partial charge in [-0.2, -0.15) is 0 Å². The molecule has 183 valence electrons. The van der Waals surface area contributed by atoms with Gasteiger partial charge in [-0.1, -0.05) is 45.2 Å². The zero-order valence-corrected chi connectivity index (χ0v) is 23.0. The molecule has 1 N–H and O–H groups in total. The van der Waals surface area contributed by atoms with Crippen LogP contribution < -0.4 is 4.74 Å². The Hall–Kier alpha value is -3.15. The van der Waals surface area contributed by atoms with Gasteiger partial charge in [0.1, 0.15) is 5.75 Å². The minimum atomic E-state index is -0.0316. The van der Waals surface area contributed by atoms with Crippen molar-refractivity contribution in [2.45, 2.75) is 41.5 Å². The predicted molar refractivity (Wildman–Crippen MR) is 134 cm³/mol. The van der Waals surface area contributed by atoms with Crippen molar-refractivity contribution in [2.75, 3.05) is 0 Å². The van der Waals surface area contributed by atoms with E-state index in [0.717, 1.165) is 33.3 Å². The topological polar surface area (TPSA) is 85.2 Å². The zero-order valence-electron chi connectivity index (χ0n) is 20.6. The number of aromatic nitrogens is 3. The van der Waals surface area contributed by atoms with Crippen LogP contribution in [0.2, 0.25) is 0 Å². The number of hydrogen-bond donors (Lipinski definition) is 1. The molecule has 6 nitrogen and oxygen atoms in total. The molecule has 0 atom stereocenters. The first kappa shape index (κ1) is 26.5. The molecule has 7 heteroatoms. The molecule has 1 aromatic carbocycles. The van der Waals surface area contributed by atoms with Crippen molar-refractivity contribution in [1.29, 1.82) is 0 Å². The molecule has 35 heavy (non-hydrogen) atoms. The van der Waals surface area contributed by atoms with E-state index < -0.39 is 0 Å².